The topological polar surface area (TPSA) is 90.9 Å². The monoisotopic (exact) mass is 431 g/mol. The third-order valence-corrected chi connectivity index (χ3v) is 6.43. The second-order valence-electron chi connectivity index (χ2n) is 9.41. The van der Waals surface area contributed by atoms with E-state index in [9.17, 15) is 14.4 Å². The Kier molecular flexibility index (Phi) is 7.73. The number of unbranched alkanes of at least 4 members (excludes halogenated alkanes) is 1. The Bertz CT molecular complexity index is 1020. The number of carbonyl (C=O) groups is 1. The molecule has 8 nitrogen and oxygen atoms in total. The molecule has 0 aromatic carbocycles. The molecule has 2 aromatic heterocycles. The van der Waals surface area contributed by atoms with Gasteiger partial charge in [-0.05, 0) is 37.5 Å². The lowest BCUT2D eigenvalue weighted by molar-refractivity contribution is -0.123. The molecule has 1 N–H and O–H groups in total. The van der Waals surface area contributed by atoms with Crippen molar-refractivity contribution in [2.45, 2.75) is 98.3 Å². The first-order valence-electron chi connectivity index (χ1n) is 11.8. The minimum atomic E-state index is -0.452. The predicted octanol–water partition coefficient (Wildman–Crippen LogP) is 2.90. The van der Waals surface area contributed by atoms with Gasteiger partial charge >= 0.3 is 5.69 Å². The van der Waals surface area contributed by atoms with E-state index in [-0.39, 0.29) is 18.5 Å². The van der Waals surface area contributed by atoms with E-state index in [0.29, 0.717) is 36.1 Å². The van der Waals surface area contributed by atoms with Crippen molar-refractivity contribution in [3.05, 3.63) is 27.2 Å². The molecule has 1 aliphatic rings. The van der Waals surface area contributed by atoms with E-state index in [1.54, 1.807) is 10.9 Å². The number of hydrogen-bond acceptors (Lipinski definition) is 4. The molecule has 1 fully saturated rings. The highest BCUT2D eigenvalue weighted by atomic mass is 16.2. The molecule has 2 heterocycles. The van der Waals surface area contributed by atoms with E-state index < -0.39 is 11.2 Å². The molecule has 0 unspecified atom stereocenters. The number of aromatic nitrogens is 4. The van der Waals surface area contributed by atoms with Crippen molar-refractivity contribution in [2.75, 3.05) is 0 Å². The first kappa shape index (κ1) is 23.3. The summed E-state index contributed by atoms with van der Waals surface area (Å²) in [5.41, 5.74) is -0.0484. The van der Waals surface area contributed by atoms with Crippen LogP contribution in [0.4, 0.5) is 0 Å². The normalized spacial score (nSPS) is 19.3. The van der Waals surface area contributed by atoms with Crippen molar-refractivity contribution in [1.82, 2.24) is 24.0 Å². The van der Waals surface area contributed by atoms with Crippen LogP contribution in [0.1, 0.15) is 72.6 Å². The molecule has 172 valence electrons. The van der Waals surface area contributed by atoms with E-state index in [1.807, 2.05) is 4.57 Å². The molecule has 0 bridgehead atoms. The van der Waals surface area contributed by atoms with Gasteiger partial charge in [0.15, 0.2) is 11.2 Å². The van der Waals surface area contributed by atoms with Crippen LogP contribution in [-0.4, -0.2) is 30.6 Å². The molecule has 2 atom stereocenters. The lowest BCUT2D eigenvalue weighted by Gasteiger charge is -2.29. The van der Waals surface area contributed by atoms with Gasteiger partial charge in [0.2, 0.25) is 5.91 Å². The Hall–Kier alpha value is -2.38. The number of hydrogen-bond donors (Lipinski definition) is 1. The summed E-state index contributed by atoms with van der Waals surface area (Å²) < 4.78 is 4.48. The fraction of sp³-hybridized carbons (Fsp3) is 0.739. The average molecular weight is 432 g/mol. The number of fused-ring (bicyclic) bond motifs is 1. The zero-order valence-electron chi connectivity index (χ0n) is 19.4. The average Bonchev–Trinajstić information content (AvgIpc) is 3.15. The quantitative estimate of drug-likeness (QED) is 0.661. The molecule has 1 saturated carbocycles. The number of nitrogens with one attached hydrogen (secondary N) is 1. The number of imidazole rings is 1. The molecule has 1 amide bonds. The van der Waals surface area contributed by atoms with Crippen LogP contribution < -0.4 is 16.6 Å². The van der Waals surface area contributed by atoms with Gasteiger partial charge in [-0.15, -0.1) is 0 Å². The predicted molar refractivity (Wildman–Crippen MR) is 122 cm³/mol. The number of amides is 1. The second kappa shape index (κ2) is 10.3. The SMILES string of the molecule is CCCCn1c(=O)n(CC(=O)N[C@H]2CCCC[C@H]2C)c(=O)c2c1ncn2CCC(C)C. The molecule has 0 saturated heterocycles. The largest absolute Gasteiger partial charge is 0.352 e. The van der Waals surface area contributed by atoms with Crippen LogP contribution in [0.3, 0.4) is 0 Å². The third-order valence-electron chi connectivity index (χ3n) is 6.43. The van der Waals surface area contributed by atoms with E-state index in [1.165, 1.54) is 6.42 Å². The molecule has 3 rings (SSSR count). The van der Waals surface area contributed by atoms with Crippen molar-refractivity contribution in [2.24, 2.45) is 11.8 Å². The Labute approximate surface area is 183 Å². The van der Waals surface area contributed by atoms with Gasteiger partial charge in [-0.1, -0.05) is 47.0 Å². The Morgan fingerprint density at radius 2 is 1.94 bits per heavy atom. The lowest BCUT2D eigenvalue weighted by atomic mass is 9.86. The summed E-state index contributed by atoms with van der Waals surface area (Å²) in [6.07, 6.45) is 8.59. The van der Waals surface area contributed by atoms with Crippen molar-refractivity contribution in [1.29, 1.82) is 0 Å². The van der Waals surface area contributed by atoms with E-state index in [0.717, 1.165) is 43.1 Å². The molecule has 0 spiro atoms. The molecular formula is C23H37N5O3. The maximum absolute atomic E-state index is 13.3. The third kappa shape index (κ3) is 5.28. The molecule has 2 aromatic rings. The summed E-state index contributed by atoms with van der Waals surface area (Å²) in [6.45, 7) is 9.34. The second-order valence-corrected chi connectivity index (χ2v) is 9.41. The smallest absolute Gasteiger partial charge is 0.333 e. The summed E-state index contributed by atoms with van der Waals surface area (Å²) >= 11 is 0. The van der Waals surface area contributed by atoms with E-state index in [4.69, 9.17) is 0 Å². The van der Waals surface area contributed by atoms with Gasteiger partial charge in [-0.2, -0.15) is 0 Å². The number of rotatable bonds is 9. The van der Waals surface area contributed by atoms with Crippen molar-refractivity contribution in [3.8, 4) is 0 Å². The van der Waals surface area contributed by atoms with Crippen LogP contribution in [0.15, 0.2) is 15.9 Å². The molecule has 1 aliphatic carbocycles. The zero-order valence-corrected chi connectivity index (χ0v) is 19.4. The Balaban J connectivity index is 1.96. The Morgan fingerprint density at radius 1 is 1.19 bits per heavy atom. The highest BCUT2D eigenvalue weighted by molar-refractivity contribution is 5.77. The fourth-order valence-corrected chi connectivity index (χ4v) is 4.39. The van der Waals surface area contributed by atoms with Gasteiger partial charge in [-0.3, -0.25) is 14.2 Å². The minimum Gasteiger partial charge on any atom is -0.352 e. The fourth-order valence-electron chi connectivity index (χ4n) is 4.39. The zero-order chi connectivity index (χ0) is 22.5. The van der Waals surface area contributed by atoms with Crippen LogP contribution in [0.5, 0.6) is 0 Å². The summed E-state index contributed by atoms with van der Waals surface area (Å²) in [5, 5.41) is 3.06. The van der Waals surface area contributed by atoms with Crippen molar-refractivity contribution < 1.29 is 4.79 Å². The van der Waals surface area contributed by atoms with E-state index in [2.05, 4.69) is 38.0 Å². The van der Waals surface area contributed by atoms with Crippen LogP contribution in [0.25, 0.3) is 11.2 Å². The van der Waals surface area contributed by atoms with Gasteiger partial charge in [-0.25, -0.2) is 14.3 Å². The van der Waals surface area contributed by atoms with Gasteiger partial charge in [0.25, 0.3) is 5.56 Å². The summed E-state index contributed by atoms with van der Waals surface area (Å²) in [4.78, 5) is 43.7. The summed E-state index contributed by atoms with van der Waals surface area (Å²) in [5.74, 6) is 0.622. The van der Waals surface area contributed by atoms with Crippen LogP contribution in [-0.2, 0) is 24.4 Å². The number of carbonyl (C=O) groups excluding carboxylic acids is 1. The highest BCUT2D eigenvalue weighted by Gasteiger charge is 2.24. The lowest BCUT2D eigenvalue weighted by Crippen LogP contribution is -2.47. The highest BCUT2D eigenvalue weighted by Crippen LogP contribution is 2.23. The Morgan fingerprint density at radius 3 is 2.61 bits per heavy atom. The van der Waals surface area contributed by atoms with Crippen molar-refractivity contribution >= 4 is 17.1 Å². The van der Waals surface area contributed by atoms with Crippen LogP contribution in [0, 0.1) is 11.8 Å². The maximum Gasteiger partial charge on any atom is 0.333 e. The maximum atomic E-state index is 13.3. The summed E-state index contributed by atoms with van der Waals surface area (Å²) in [7, 11) is 0. The van der Waals surface area contributed by atoms with Gasteiger partial charge in [0.1, 0.15) is 6.54 Å². The first-order valence-corrected chi connectivity index (χ1v) is 11.8. The molecule has 31 heavy (non-hydrogen) atoms. The van der Waals surface area contributed by atoms with Gasteiger partial charge in [0.05, 0.1) is 6.33 Å². The molecule has 0 aliphatic heterocycles. The molecular weight excluding hydrogens is 394 g/mol. The minimum absolute atomic E-state index is 0.111. The number of nitrogens with zero attached hydrogens (tertiary/aromatic N) is 4. The first-order chi connectivity index (χ1) is 14.8. The van der Waals surface area contributed by atoms with Gasteiger partial charge in [0, 0.05) is 19.1 Å². The van der Waals surface area contributed by atoms with Gasteiger partial charge < -0.3 is 9.88 Å². The van der Waals surface area contributed by atoms with E-state index >= 15 is 0 Å². The van der Waals surface area contributed by atoms with Crippen LogP contribution in [0.2, 0.25) is 0 Å². The molecule has 0 radical (unpaired) electrons. The standard InChI is InChI=1S/C23H37N5O3/c1-5-6-12-27-21-20(26(15-24-21)13-11-16(2)3)22(30)28(23(27)31)14-19(29)25-18-10-8-7-9-17(18)4/h15-18H,5-14H2,1-4H3,(H,25,29)/t17-,18+/m1/s1. The van der Waals surface area contributed by atoms with Crippen molar-refractivity contribution in [3.63, 3.8) is 0 Å². The molecule has 8 heteroatoms. The summed E-state index contributed by atoms with van der Waals surface area (Å²) in [6, 6.07) is 0.111. The number of aryl methyl sites for hydroxylation is 2. The van der Waals surface area contributed by atoms with Crippen LogP contribution >= 0.6 is 0 Å².